The van der Waals surface area contributed by atoms with Gasteiger partial charge in [0.15, 0.2) is 5.11 Å². The molecule has 0 aliphatic carbocycles. The molecule has 2 aromatic rings. The van der Waals surface area contributed by atoms with E-state index in [1.165, 1.54) is 17.7 Å². The van der Waals surface area contributed by atoms with E-state index in [0.717, 1.165) is 28.2 Å². The van der Waals surface area contributed by atoms with Crippen molar-refractivity contribution in [2.75, 3.05) is 31.1 Å². The van der Waals surface area contributed by atoms with Crippen molar-refractivity contribution < 1.29 is 8.78 Å². The molecule has 0 bridgehead atoms. The van der Waals surface area contributed by atoms with Gasteiger partial charge in [0, 0.05) is 54.5 Å². The van der Waals surface area contributed by atoms with Crippen LogP contribution < -0.4 is 21.5 Å². The highest BCUT2D eigenvalue weighted by Crippen LogP contribution is 2.25. The Hall–Kier alpha value is -1.27. The molecule has 1 fully saturated rings. The molecule has 0 atom stereocenters. The third kappa shape index (κ3) is 6.11. The van der Waals surface area contributed by atoms with Gasteiger partial charge in [0.05, 0.1) is 10.7 Å². The molecule has 0 spiro atoms. The monoisotopic (exact) mass is 551 g/mol. The number of halogens is 4. The van der Waals surface area contributed by atoms with Gasteiger partial charge in [-0.1, -0.05) is 17.7 Å². The number of thiocarbonyl (C=S) groups is 1. The lowest BCUT2D eigenvalue weighted by Gasteiger charge is -2.36. The number of nitrogens with two attached hydrogens (primary N) is 1. The van der Waals surface area contributed by atoms with Crippen LogP contribution in [0, 0.1) is 15.2 Å². The highest BCUT2D eigenvalue weighted by Gasteiger charge is 2.21. The minimum atomic E-state index is -0.475. The Balaban J connectivity index is 1.59. The fourth-order valence-corrected chi connectivity index (χ4v) is 3.99. The van der Waals surface area contributed by atoms with E-state index in [1.54, 1.807) is 0 Å². The van der Waals surface area contributed by atoms with Gasteiger partial charge in [0.2, 0.25) is 0 Å². The van der Waals surface area contributed by atoms with Crippen molar-refractivity contribution >= 4 is 57.2 Å². The van der Waals surface area contributed by atoms with Crippen LogP contribution in [0.4, 0.5) is 14.5 Å². The Kier molecular flexibility index (Phi) is 7.85. The molecule has 3 rings (SSSR count). The number of hydrazine groups is 1. The average molecular weight is 552 g/mol. The summed E-state index contributed by atoms with van der Waals surface area (Å²) in [4.78, 5) is 4.18. The van der Waals surface area contributed by atoms with Crippen molar-refractivity contribution in [1.29, 1.82) is 0 Å². The van der Waals surface area contributed by atoms with E-state index in [0.29, 0.717) is 13.1 Å². The number of rotatable bonds is 6. The van der Waals surface area contributed by atoms with Crippen LogP contribution in [-0.4, -0.2) is 36.2 Å². The largest absolute Gasteiger partial charge is 0.375 e. The van der Waals surface area contributed by atoms with Gasteiger partial charge >= 0.3 is 0 Å². The SMILES string of the molecule is NC(=S)NNCc1cc(F)c(N2CCN(Cc3ccc(Cl)c(I)c3)CC2)cc1F. The second-order valence-corrected chi connectivity index (χ2v) is 8.76. The number of nitrogens with zero attached hydrogens (tertiary/aromatic N) is 2. The fraction of sp³-hybridized carbons (Fsp3) is 0.316. The molecule has 0 aromatic heterocycles. The van der Waals surface area contributed by atoms with Crippen molar-refractivity contribution in [2.45, 2.75) is 13.1 Å². The third-order valence-electron chi connectivity index (χ3n) is 4.71. The van der Waals surface area contributed by atoms with Gasteiger partial charge in [-0.3, -0.25) is 10.3 Å². The molecule has 156 valence electrons. The molecule has 10 heteroatoms. The predicted octanol–water partition coefficient (Wildman–Crippen LogP) is 3.38. The van der Waals surface area contributed by atoms with Gasteiger partial charge < -0.3 is 10.6 Å². The van der Waals surface area contributed by atoms with Gasteiger partial charge in [0.25, 0.3) is 0 Å². The topological polar surface area (TPSA) is 56.6 Å². The normalized spacial score (nSPS) is 14.8. The number of piperazine rings is 1. The van der Waals surface area contributed by atoms with E-state index in [4.69, 9.17) is 17.3 Å². The first-order chi connectivity index (χ1) is 13.8. The summed E-state index contributed by atoms with van der Waals surface area (Å²) in [5.74, 6) is -0.920. The lowest BCUT2D eigenvalue weighted by Crippen LogP contribution is -2.46. The van der Waals surface area contributed by atoms with E-state index < -0.39 is 11.6 Å². The van der Waals surface area contributed by atoms with E-state index in [2.05, 4.69) is 56.6 Å². The minimum Gasteiger partial charge on any atom is -0.375 e. The first-order valence-corrected chi connectivity index (χ1v) is 10.9. The zero-order valence-corrected chi connectivity index (χ0v) is 19.3. The second-order valence-electron chi connectivity index (χ2n) is 6.75. The molecule has 1 aliphatic heterocycles. The summed E-state index contributed by atoms with van der Waals surface area (Å²) < 4.78 is 30.0. The van der Waals surface area contributed by atoms with Gasteiger partial charge in [-0.25, -0.2) is 14.2 Å². The highest BCUT2D eigenvalue weighted by molar-refractivity contribution is 14.1. The lowest BCUT2D eigenvalue weighted by atomic mass is 10.1. The Morgan fingerprint density at radius 3 is 2.52 bits per heavy atom. The van der Waals surface area contributed by atoms with Crippen LogP contribution in [0.1, 0.15) is 11.1 Å². The predicted molar refractivity (Wildman–Crippen MR) is 125 cm³/mol. The molecule has 2 aromatic carbocycles. The van der Waals surface area contributed by atoms with E-state index in [1.807, 2.05) is 17.0 Å². The maximum Gasteiger partial charge on any atom is 0.178 e. The summed E-state index contributed by atoms with van der Waals surface area (Å²) in [6, 6.07) is 8.46. The van der Waals surface area contributed by atoms with Crippen LogP contribution in [0.25, 0.3) is 0 Å². The quantitative estimate of drug-likeness (QED) is 0.291. The fourth-order valence-electron chi connectivity index (χ4n) is 3.22. The Morgan fingerprint density at radius 2 is 1.86 bits per heavy atom. The van der Waals surface area contributed by atoms with Gasteiger partial charge in [0.1, 0.15) is 11.6 Å². The molecular weight excluding hydrogens is 531 g/mol. The van der Waals surface area contributed by atoms with Gasteiger partial charge in [-0.2, -0.15) is 0 Å². The van der Waals surface area contributed by atoms with Crippen molar-refractivity contribution in [3.63, 3.8) is 0 Å². The first-order valence-electron chi connectivity index (χ1n) is 9.01. The molecule has 0 saturated carbocycles. The molecule has 0 radical (unpaired) electrons. The highest BCUT2D eigenvalue weighted by atomic mass is 127. The lowest BCUT2D eigenvalue weighted by molar-refractivity contribution is 0.249. The number of anilines is 1. The van der Waals surface area contributed by atoms with Crippen molar-refractivity contribution in [1.82, 2.24) is 15.8 Å². The van der Waals surface area contributed by atoms with Crippen LogP contribution in [0.5, 0.6) is 0 Å². The molecule has 1 heterocycles. The Labute approximate surface area is 192 Å². The number of benzene rings is 2. The summed E-state index contributed by atoms with van der Waals surface area (Å²) in [5, 5.41) is 0.783. The maximum atomic E-state index is 14.6. The summed E-state index contributed by atoms with van der Waals surface area (Å²) in [7, 11) is 0. The zero-order chi connectivity index (χ0) is 21.0. The van der Waals surface area contributed by atoms with Crippen LogP contribution in [-0.2, 0) is 13.1 Å². The Bertz CT molecular complexity index is 893. The van der Waals surface area contributed by atoms with Crippen molar-refractivity contribution in [3.8, 4) is 0 Å². The summed E-state index contributed by atoms with van der Waals surface area (Å²) in [5.41, 5.74) is 12.1. The van der Waals surface area contributed by atoms with Gasteiger partial charge in [-0.15, -0.1) is 0 Å². The molecule has 0 unspecified atom stereocenters. The van der Waals surface area contributed by atoms with Crippen LogP contribution in [0.3, 0.4) is 0 Å². The van der Waals surface area contributed by atoms with E-state index in [9.17, 15) is 8.78 Å². The maximum absolute atomic E-state index is 14.6. The van der Waals surface area contributed by atoms with Crippen molar-refractivity contribution in [2.24, 2.45) is 5.73 Å². The molecule has 29 heavy (non-hydrogen) atoms. The third-order valence-corrected chi connectivity index (χ3v) is 6.35. The van der Waals surface area contributed by atoms with E-state index >= 15 is 0 Å². The second kappa shape index (κ2) is 10.2. The molecule has 1 saturated heterocycles. The minimum absolute atomic E-state index is 0.0358. The number of hydrogen-bond donors (Lipinski definition) is 3. The number of nitrogens with one attached hydrogen (secondary N) is 2. The molecule has 0 amide bonds. The molecule has 5 nitrogen and oxygen atoms in total. The van der Waals surface area contributed by atoms with Crippen LogP contribution in [0.15, 0.2) is 30.3 Å². The van der Waals surface area contributed by atoms with Crippen LogP contribution >= 0.6 is 46.4 Å². The van der Waals surface area contributed by atoms with Crippen molar-refractivity contribution in [3.05, 3.63) is 61.7 Å². The smallest absolute Gasteiger partial charge is 0.178 e. The molecular formula is C19H21ClF2IN5S. The first kappa shape index (κ1) is 22.4. The average Bonchev–Trinajstić information content (AvgIpc) is 2.68. The molecule has 1 aliphatic rings. The Morgan fingerprint density at radius 1 is 1.14 bits per heavy atom. The summed E-state index contributed by atoms with van der Waals surface area (Å²) in [6.45, 7) is 3.65. The van der Waals surface area contributed by atoms with E-state index in [-0.39, 0.29) is 22.9 Å². The molecule has 4 N–H and O–H groups in total. The summed E-state index contributed by atoms with van der Waals surface area (Å²) in [6.07, 6.45) is 0. The van der Waals surface area contributed by atoms with Crippen LogP contribution in [0.2, 0.25) is 5.02 Å². The number of hydrogen-bond acceptors (Lipinski definition) is 4. The standard InChI is InChI=1S/C19H21ClF2IN5S/c20-14-2-1-12(7-17(14)23)11-27-3-5-28(6-4-27)18-9-15(21)13(8-16(18)22)10-25-26-19(24)29/h1-2,7-9,25H,3-6,10-11H2,(H3,24,26,29). The summed E-state index contributed by atoms with van der Waals surface area (Å²) >= 11 is 13.0. The van der Waals surface area contributed by atoms with Gasteiger partial charge in [-0.05, 0) is 58.6 Å². The zero-order valence-electron chi connectivity index (χ0n) is 15.5.